The number of non-ortho nitro benzene ring substituents is 1. The summed E-state index contributed by atoms with van der Waals surface area (Å²) >= 11 is 0. The van der Waals surface area contributed by atoms with Gasteiger partial charge in [0.05, 0.1) is 17.4 Å². The number of hydrogen-bond acceptors (Lipinski definition) is 5. The SMILES string of the molecule is NC(=O)[C@H](Cc1ccc([N+](=O)[O-])cc1)NC(=O)[C@@H]1CCOC1. The molecule has 0 aromatic heterocycles. The molecule has 1 fully saturated rings. The molecule has 8 heteroatoms. The number of nitro groups is 1. The largest absolute Gasteiger partial charge is 0.381 e. The topological polar surface area (TPSA) is 125 Å². The Balaban J connectivity index is 2.00. The summed E-state index contributed by atoms with van der Waals surface area (Å²) in [6.07, 6.45) is 0.807. The fourth-order valence-electron chi connectivity index (χ4n) is 2.24. The molecular weight excluding hydrogens is 290 g/mol. The molecule has 1 aliphatic heterocycles. The maximum atomic E-state index is 12.0. The number of nitrogens with two attached hydrogens (primary N) is 1. The first kappa shape index (κ1) is 15.9. The summed E-state index contributed by atoms with van der Waals surface area (Å²) in [4.78, 5) is 33.6. The summed E-state index contributed by atoms with van der Waals surface area (Å²) < 4.78 is 5.13. The van der Waals surface area contributed by atoms with Gasteiger partial charge in [0.1, 0.15) is 6.04 Å². The maximum absolute atomic E-state index is 12.0. The molecule has 1 saturated heterocycles. The fourth-order valence-corrected chi connectivity index (χ4v) is 2.24. The summed E-state index contributed by atoms with van der Waals surface area (Å²) in [5, 5.41) is 13.2. The zero-order chi connectivity index (χ0) is 16.1. The molecule has 2 rings (SSSR count). The van der Waals surface area contributed by atoms with Gasteiger partial charge in [0.15, 0.2) is 0 Å². The molecule has 2 amide bonds. The molecule has 118 valence electrons. The highest BCUT2D eigenvalue weighted by Gasteiger charge is 2.27. The summed E-state index contributed by atoms with van der Waals surface area (Å²) in [6, 6.07) is 4.92. The van der Waals surface area contributed by atoms with E-state index in [0.29, 0.717) is 25.2 Å². The highest BCUT2D eigenvalue weighted by molar-refractivity contribution is 5.87. The minimum Gasteiger partial charge on any atom is -0.381 e. The van der Waals surface area contributed by atoms with Crippen molar-refractivity contribution < 1.29 is 19.2 Å². The van der Waals surface area contributed by atoms with Crippen LogP contribution in [0.1, 0.15) is 12.0 Å². The first-order chi connectivity index (χ1) is 10.5. The molecule has 0 bridgehead atoms. The zero-order valence-electron chi connectivity index (χ0n) is 11.9. The van der Waals surface area contributed by atoms with E-state index in [1.54, 1.807) is 12.1 Å². The van der Waals surface area contributed by atoms with E-state index in [4.69, 9.17) is 10.5 Å². The van der Waals surface area contributed by atoms with Gasteiger partial charge in [-0.15, -0.1) is 0 Å². The van der Waals surface area contributed by atoms with Crippen LogP contribution in [0.2, 0.25) is 0 Å². The van der Waals surface area contributed by atoms with Crippen molar-refractivity contribution in [3.8, 4) is 0 Å². The highest BCUT2D eigenvalue weighted by atomic mass is 16.6. The Labute approximate surface area is 126 Å². The van der Waals surface area contributed by atoms with Gasteiger partial charge in [-0.25, -0.2) is 0 Å². The van der Waals surface area contributed by atoms with Crippen molar-refractivity contribution in [2.24, 2.45) is 11.7 Å². The van der Waals surface area contributed by atoms with Gasteiger partial charge in [-0.1, -0.05) is 12.1 Å². The van der Waals surface area contributed by atoms with E-state index in [1.807, 2.05) is 0 Å². The van der Waals surface area contributed by atoms with E-state index in [-0.39, 0.29) is 23.9 Å². The van der Waals surface area contributed by atoms with Crippen LogP contribution in [0.4, 0.5) is 5.69 Å². The normalized spacial score (nSPS) is 18.6. The number of amides is 2. The van der Waals surface area contributed by atoms with Crippen LogP contribution >= 0.6 is 0 Å². The molecule has 1 aromatic rings. The van der Waals surface area contributed by atoms with Crippen molar-refractivity contribution in [2.75, 3.05) is 13.2 Å². The van der Waals surface area contributed by atoms with Crippen LogP contribution in [0.15, 0.2) is 24.3 Å². The van der Waals surface area contributed by atoms with Crippen LogP contribution in [-0.4, -0.2) is 36.0 Å². The molecule has 1 aromatic carbocycles. The summed E-state index contributed by atoms with van der Waals surface area (Å²) in [7, 11) is 0. The van der Waals surface area contributed by atoms with Gasteiger partial charge >= 0.3 is 0 Å². The third kappa shape index (κ3) is 4.01. The molecule has 0 saturated carbocycles. The van der Waals surface area contributed by atoms with Crippen molar-refractivity contribution >= 4 is 17.5 Å². The molecule has 0 spiro atoms. The van der Waals surface area contributed by atoms with Gasteiger partial charge in [-0.3, -0.25) is 19.7 Å². The van der Waals surface area contributed by atoms with Crippen LogP contribution in [0, 0.1) is 16.0 Å². The van der Waals surface area contributed by atoms with E-state index >= 15 is 0 Å². The Morgan fingerprint density at radius 2 is 2.09 bits per heavy atom. The second-order valence-corrected chi connectivity index (χ2v) is 5.15. The van der Waals surface area contributed by atoms with Crippen molar-refractivity contribution in [3.05, 3.63) is 39.9 Å². The monoisotopic (exact) mass is 307 g/mol. The van der Waals surface area contributed by atoms with Crippen LogP contribution in [-0.2, 0) is 20.7 Å². The standard InChI is InChI=1S/C14H17N3O5/c15-13(18)12(16-14(19)10-5-6-22-8-10)7-9-1-3-11(4-2-9)17(20)21/h1-4,10,12H,5-8H2,(H2,15,18)(H,16,19)/t10-,12+/m1/s1. The van der Waals surface area contributed by atoms with Gasteiger partial charge in [0.25, 0.3) is 5.69 Å². The second-order valence-electron chi connectivity index (χ2n) is 5.15. The minimum absolute atomic E-state index is 0.0356. The van der Waals surface area contributed by atoms with E-state index in [1.165, 1.54) is 12.1 Å². The van der Waals surface area contributed by atoms with E-state index < -0.39 is 16.9 Å². The Hall–Kier alpha value is -2.48. The molecular formula is C14H17N3O5. The molecule has 0 aliphatic carbocycles. The Morgan fingerprint density at radius 1 is 1.41 bits per heavy atom. The van der Waals surface area contributed by atoms with Gasteiger partial charge in [-0.2, -0.15) is 0 Å². The number of rotatable bonds is 6. The lowest BCUT2D eigenvalue weighted by Gasteiger charge is -2.17. The molecule has 2 atom stereocenters. The number of ether oxygens (including phenoxy) is 1. The Kier molecular flexibility index (Phi) is 5.05. The van der Waals surface area contributed by atoms with Crippen LogP contribution in [0.3, 0.4) is 0 Å². The number of carbonyl (C=O) groups excluding carboxylic acids is 2. The molecule has 22 heavy (non-hydrogen) atoms. The van der Waals surface area contributed by atoms with Crippen molar-refractivity contribution in [2.45, 2.75) is 18.9 Å². The van der Waals surface area contributed by atoms with E-state index in [9.17, 15) is 19.7 Å². The Bertz CT molecular complexity index is 566. The van der Waals surface area contributed by atoms with Gasteiger partial charge in [0, 0.05) is 25.2 Å². The number of nitro benzene ring substituents is 1. The molecule has 1 aliphatic rings. The molecule has 8 nitrogen and oxygen atoms in total. The molecule has 0 radical (unpaired) electrons. The lowest BCUT2D eigenvalue weighted by molar-refractivity contribution is -0.384. The quantitative estimate of drug-likeness (QED) is 0.571. The Morgan fingerprint density at radius 3 is 2.59 bits per heavy atom. The summed E-state index contributed by atoms with van der Waals surface area (Å²) in [5.41, 5.74) is 5.96. The van der Waals surface area contributed by atoms with E-state index in [0.717, 1.165) is 0 Å². The van der Waals surface area contributed by atoms with Gasteiger partial charge < -0.3 is 15.8 Å². The average Bonchev–Trinajstić information content (AvgIpc) is 3.01. The van der Waals surface area contributed by atoms with E-state index in [2.05, 4.69) is 5.32 Å². The minimum atomic E-state index is -0.852. The predicted molar refractivity (Wildman–Crippen MR) is 76.9 cm³/mol. The predicted octanol–water partition coefficient (Wildman–Crippen LogP) is 0.144. The lowest BCUT2D eigenvalue weighted by Crippen LogP contribution is -2.48. The number of primary amides is 1. The summed E-state index contributed by atoms with van der Waals surface area (Å²) in [5.74, 6) is -1.17. The summed E-state index contributed by atoms with van der Waals surface area (Å²) in [6.45, 7) is 0.872. The van der Waals surface area contributed by atoms with Crippen LogP contribution in [0.5, 0.6) is 0 Å². The number of carbonyl (C=O) groups is 2. The molecule has 1 heterocycles. The molecule has 0 unspecified atom stereocenters. The van der Waals surface area contributed by atoms with Crippen molar-refractivity contribution in [1.29, 1.82) is 0 Å². The number of nitrogens with zero attached hydrogens (tertiary/aromatic N) is 1. The average molecular weight is 307 g/mol. The van der Waals surface area contributed by atoms with Crippen molar-refractivity contribution in [1.82, 2.24) is 5.32 Å². The third-order valence-corrected chi connectivity index (χ3v) is 3.55. The van der Waals surface area contributed by atoms with Crippen molar-refractivity contribution in [3.63, 3.8) is 0 Å². The van der Waals surface area contributed by atoms with Crippen LogP contribution < -0.4 is 11.1 Å². The number of benzene rings is 1. The molecule has 3 N–H and O–H groups in total. The lowest BCUT2D eigenvalue weighted by atomic mass is 10.0. The first-order valence-corrected chi connectivity index (χ1v) is 6.88. The van der Waals surface area contributed by atoms with Gasteiger partial charge in [0.2, 0.25) is 11.8 Å². The van der Waals surface area contributed by atoms with Crippen LogP contribution in [0.25, 0.3) is 0 Å². The fraction of sp³-hybridized carbons (Fsp3) is 0.429. The maximum Gasteiger partial charge on any atom is 0.269 e. The highest BCUT2D eigenvalue weighted by Crippen LogP contribution is 2.15. The second kappa shape index (κ2) is 6.99. The zero-order valence-corrected chi connectivity index (χ0v) is 11.9. The smallest absolute Gasteiger partial charge is 0.269 e. The number of hydrogen-bond donors (Lipinski definition) is 2. The first-order valence-electron chi connectivity index (χ1n) is 6.88. The number of nitrogens with one attached hydrogen (secondary N) is 1. The van der Waals surface area contributed by atoms with Gasteiger partial charge in [-0.05, 0) is 12.0 Å². The third-order valence-electron chi connectivity index (χ3n) is 3.55.